The van der Waals surface area contributed by atoms with Gasteiger partial charge in [-0.1, -0.05) is 39.5 Å². The van der Waals surface area contributed by atoms with Crippen LogP contribution in [0.4, 0.5) is 0 Å². The molecule has 0 amide bonds. The first-order valence-corrected chi connectivity index (χ1v) is 6.45. The standard InChI is InChI=1S/C13H23O4/c1-3-5-7-9-12(17-11-14)13(15)16-10-8-6-4-2/h12H,3-10H2,1-2H3. The van der Waals surface area contributed by atoms with E-state index >= 15 is 0 Å². The first-order chi connectivity index (χ1) is 8.26. The summed E-state index contributed by atoms with van der Waals surface area (Å²) >= 11 is 0. The minimum absolute atomic E-state index is 0.402. The van der Waals surface area contributed by atoms with E-state index in [0.29, 0.717) is 13.0 Å². The van der Waals surface area contributed by atoms with Crippen LogP contribution in [-0.4, -0.2) is 25.2 Å². The third-order valence-corrected chi connectivity index (χ3v) is 2.52. The van der Waals surface area contributed by atoms with Crippen molar-refractivity contribution in [2.24, 2.45) is 0 Å². The number of unbranched alkanes of at least 4 members (excludes halogenated alkanes) is 4. The van der Waals surface area contributed by atoms with Crippen LogP contribution in [0, 0.1) is 0 Å². The Balaban J connectivity index is 3.83. The molecule has 0 aromatic carbocycles. The second kappa shape index (κ2) is 11.4. The quantitative estimate of drug-likeness (QED) is 0.413. The van der Waals surface area contributed by atoms with Gasteiger partial charge in [-0.3, -0.25) is 0 Å². The summed E-state index contributed by atoms with van der Waals surface area (Å²) in [6, 6.07) is 0. The second-order valence-electron chi connectivity index (χ2n) is 4.06. The average molecular weight is 243 g/mol. The van der Waals surface area contributed by atoms with Gasteiger partial charge in [0.05, 0.1) is 6.61 Å². The zero-order valence-corrected chi connectivity index (χ0v) is 10.9. The van der Waals surface area contributed by atoms with Crippen molar-refractivity contribution in [2.45, 2.75) is 64.9 Å². The van der Waals surface area contributed by atoms with E-state index in [-0.39, 0.29) is 0 Å². The van der Waals surface area contributed by atoms with Crippen molar-refractivity contribution in [2.75, 3.05) is 6.61 Å². The molecule has 0 fully saturated rings. The minimum Gasteiger partial charge on any atom is -0.463 e. The maximum Gasteiger partial charge on any atom is 0.418 e. The Bertz CT molecular complexity index is 204. The number of hydrogen-bond acceptors (Lipinski definition) is 4. The number of rotatable bonds is 11. The van der Waals surface area contributed by atoms with E-state index in [0.717, 1.165) is 38.5 Å². The molecule has 99 valence electrons. The van der Waals surface area contributed by atoms with Gasteiger partial charge < -0.3 is 9.47 Å². The van der Waals surface area contributed by atoms with Crippen molar-refractivity contribution in [3.05, 3.63) is 0 Å². The largest absolute Gasteiger partial charge is 0.463 e. The van der Waals surface area contributed by atoms with Crippen LogP contribution in [0.3, 0.4) is 0 Å². The number of esters is 1. The molecule has 0 aromatic rings. The summed E-state index contributed by atoms with van der Waals surface area (Å²) in [6.45, 7) is 5.89. The third-order valence-electron chi connectivity index (χ3n) is 2.52. The van der Waals surface area contributed by atoms with Gasteiger partial charge in [0.1, 0.15) is 0 Å². The molecule has 1 radical (unpaired) electrons. The van der Waals surface area contributed by atoms with Crippen LogP contribution >= 0.6 is 0 Å². The molecule has 0 saturated carbocycles. The molecule has 0 heterocycles. The number of ether oxygens (including phenoxy) is 2. The zero-order valence-electron chi connectivity index (χ0n) is 10.9. The lowest BCUT2D eigenvalue weighted by atomic mass is 10.1. The topological polar surface area (TPSA) is 52.6 Å². The maximum atomic E-state index is 11.6. The SMILES string of the molecule is CCCCCOC(=O)C(CCCCC)O[C]=O. The summed E-state index contributed by atoms with van der Waals surface area (Å²) < 4.78 is 9.67. The normalized spacial score (nSPS) is 11.9. The van der Waals surface area contributed by atoms with E-state index in [4.69, 9.17) is 4.74 Å². The fourth-order valence-electron chi connectivity index (χ4n) is 1.48. The number of carbonyl (C=O) groups is 1. The fraction of sp³-hybridized carbons (Fsp3) is 0.846. The van der Waals surface area contributed by atoms with Crippen LogP contribution in [0.25, 0.3) is 0 Å². The van der Waals surface area contributed by atoms with Crippen LogP contribution in [-0.2, 0) is 19.1 Å². The molecule has 4 nitrogen and oxygen atoms in total. The van der Waals surface area contributed by atoms with Crippen molar-refractivity contribution < 1.29 is 19.1 Å². The van der Waals surface area contributed by atoms with Gasteiger partial charge in [0.25, 0.3) is 0 Å². The summed E-state index contributed by atoms with van der Waals surface area (Å²) in [5, 5.41) is 0. The van der Waals surface area contributed by atoms with Crippen molar-refractivity contribution in [3.63, 3.8) is 0 Å². The van der Waals surface area contributed by atoms with Gasteiger partial charge in [0.15, 0.2) is 6.10 Å². The average Bonchev–Trinajstić information content (AvgIpc) is 2.33. The van der Waals surface area contributed by atoms with Crippen LogP contribution in [0.5, 0.6) is 0 Å². The van der Waals surface area contributed by atoms with Crippen LogP contribution in [0.1, 0.15) is 58.8 Å². The molecule has 0 aromatic heterocycles. The summed E-state index contributed by atoms with van der Waals surface area (Å²) in [5.41, 5.74) is 0. The van der Waals surface area contributed by atoms with Crippen molar-refractivity contribution >= 4 is 12.4 Å². The lowest BCUT2D eigenvalue weighted by Crippen LogP contribution is -2.26. The third kappa shape index (κ3) is 8.72. The highest BCUT2D eigenvalue weighted by molar-refractivity contribution is 5.75. The van der Waals surface area contributed by atoms with Crippen LogP contribution in [0.15, 0.2) is 0 Å². The van der Waals surface area contributed by atoms with Gasteiger partial charge in [-0.05, 0) is 19.3 Å². The highest BCUT2D eigenvalue weighted by Gasteiger charge is 2.20. The second-order valence-corrected chi connectivity index (χ2v) is 4.06. The van der Waals surface area contributed by atoms with Gasteiger partial charge in [-0.2, -0.15) is 0 Å². The van der Waals surface area contributed by atoms with Crippen molar-refractivity contribution in [1.82, 2.24) is 0 Å². The molecule has 1 atom stereocenters. The van der Waals surface area contributed by atoms with E-state index in [1.165, 1.54) is 6.47 Å². The molecule has 4 heteroatoms. The zero-order chi connectivity index (χ0) is 12.9. The first kappa shape index (κ1) is 15.9. The molecular formula is C13H23O4. The van der Waals surface area contributed by atoms with Gasteiger partial charge in [0.2, 0.25) is 0 Å². The Morgan fingerprint density at radius 2 is 1.76 bits per heavy atom. The van der Waals surface area contributed by atoms with E-state index in [1.54, 1.807) is 0 Å². The lowest BCUT2D eigenvalue weighted by molar-refractivity contribution is -0.153. The van der Waals surface area contributed by atoms with Crippen molar-refractivity contribution in [1.29, 1.82) is 0 Å². The number of carbonyl (C=O) groups excluding carboxylic acids is 2. The predicted molar refractivity (Wildman–Crippen MR) is 65.2 cm³/mol. The van der Waals surface area contributed by atoms with E-state index in [1.807, 2.05) is 0 Å². The summed E-state index contributed by atoms with van der Waals surface area (Å²) in [4.78, 5) is 21.7. The Labute approximate surface area is 104 Å². The summed E-state index contributed by atoms with van der Waals surface area (Å²) in [5.74, 6) is -0.444. The first-order valence-electron chi connectivity index (χ1n) is 6.45. The molecule has 0 spiro atoms. The van der Waals surface area contributed by atoms with E-state index < -0.39 is 12.1 Å². The van der Waals surface area contributed by atoms with Crippen molar-refractivity contribution in [3.8, 4) is 0 Å². The molecule has 0 bridgehead atoms. The number of hydrogen-bond donors (Lipinski definition) is 0. The molecule has 17 heavy (non-hydrogen) atoms. The Morgan fingerprint density at radius 1 is 1.12 bits per heavy atom. The van der Waals surface area contributed by atoms with Crippen LogP contribution in [0.2, 0.25) is 0 Å². The molecule has 1 unspecified atom stereocenters. The van der Waals surface area contributed by atoms with Gasteiger partial charge in [-0.25, -0.2) is 9.59 Å². The highest BCUT2D eigenvalue weighted by Crippen LogP contribution is 2.08. The maximum absolute atomic E-state index is 11.6. The minimum atomic E-state index is -0.777. The molecule has 0 aliphatic carbocycles. The van der Waals surface area contributed by atoms with E-state index in [2.05, 4.69) is 18.6 Å². The molecule has 0 aliphatic heterocycles. The summed E-state index contributed by atoms with van der Waals surface area (Å²) in [6.07, 6.45) is 5.65. The van der Waals surface area contributed by atoms with E-state index in [9.17, 15) is 9.59 Å². The summed E-state index contributed by atoms with van der Waals surface area (Å²) in [7, 11) is 0. The molecule has 0 N–H and O–H groups in total. The fourth-order valence-corrected chi connectivity index (χ4v) is 1.48. The highest BCUT2D eigenvalue weighted by atomic mass is 16.6. The van der Waals surface area contributed by atoms with Gasteiger partial charge in [-0.15, -0.1) is 0 Å². The van der Waals surface area contributed by atoms with Gasteiger partial charge >= 0.3 is 12.4 Å². The van der Waals surface area contributed by atoms with Crippen LogP contribution < -0.4 is 0 Å². The smallest absolute Gasteiger partial charge is 0.418 e. The monoisotopic (exact) mass is 243 g/mol. The van der Waals surface area contributed by atoms with Gasteiger partial charge in [0, 0.05) is 0 Å². The lowest BCUT2D eigenvalue weighted by Gasteiger charge is -2.13. The predicted octanol–water partition coefficient (Wildman–Crippen LogP) is 2.75. The molecule has 0 aliphatic rings. The Kier molecular flexibility index (Phi) is 10.7. The molecule has 0 rings (SSSR count). The molecular weight excluding hydrogens is 220 g/mol. The molecule has 0 saturated heterocycles. The Morgan fingerprint density at radius 3 is 2.35 bits per heavy atom. The Hall–Kier alpha value is -1.06.